The van der Waals surface area contributed by atoms with Gasteiger partial charge in [0.2, 0.25) is 0 Å². The molecule has 1 saturated carbocycles. The predicted octanol–water partition coefficient (Wildman–Crippen LogP) is 3.28. The van der Waals surface area contributed by atoms with Crippen molar-refractivity contribution in [1.82, 2.24) is 10.2 Å². The highest BCUT2D eigenvalue weighted by Gasteiger charge is 2.34. The van der Waals surface area contributed by atoms with Gasteiger partial charge in [-0.2, -0.15) is 0 Å². The first-order valence-corrected chi connectivity index (χ1v) is 7.69. The van der Waals surface area contributed by atoms with Crippen molar-refractivity contribution in [2.45, 2.75) is 59.3 Å². The Labute approximate surface area is 108 Å². The van der Waals surface area contributed by atoms with E-state index in [0.29, 0.717) is 5.41 Å². The minimum Gasteiger partial charge on any atom is -0.316 e. The van der Waals surface area contributed by atoms with Crippen molar-refractivity contribution in [1.29, 1.82) is 0 Å². The van der Waals surface area contributed by atoms with E-state index in [9.17, 15) is 0 Å². The third-order valence-corrected chi connectivity index (χ3v) is 4.25. The van der Waals surface area contributed by atoms with Crippen molar-refractivity contribution >= 4 is 0 Å². The van der Waals surface area contributed by atoms with Gasteiger partial charge < -0.3 is 10.2 Å². The average Bonchev–Trinajstić information content (AvgIpc) is 2.81. The summed E-state index contributed by atoms with van der Waals surface area (Å²) in [6.45, 7) is 13.0. The third-order valence-electron chi connectivity index (χ3n) is 4.25. The maximum absolute atomic E-state index is 3.59. The zero-order valence-corrected chi connectivity index (χ0v) is 12.2. The first-order valence-electron chi connectivity index (χ1n) is 7.69. The van der Waals surface area contributed by atoms with Gasteiger partial charge in [0.1, 0.15) is 0 Å². The Balaban J connectivity index is 2.45. The van der Waals surface area contributed by atoms with Crippen LogP contribution in [0.2, 0.25) is 0 Å². The van der Waals surface area contributed by atoms with Crippen LogP contribution in [-0.4, -0.2) is 37.6 Å². The predicted molar refractivity (Wildman–Crippen MR) is 76.5 cm³/mol. The zero-order chi connectivity index (χ0) is 12.6. The molecule has 0 saturated heterocycles. The Morgan fingerprint density at radius 3 is 2.35 bits per heavy atom. The summed E-state index contributed by atoms with van der Waals surface area (Å²) in [5.41, 5.74) is 0.583. The van der Waals surface area contributed by atoms with Crippen LogP contribution in [0.3, 0.4) is 0 Å². The normalized spacial score (nSPS) is 19.1. The van der Waals surface area contributed by atoms with Crippen LogP contribution in [0.25, 0.3) is 0 Å². The minimum absolute atomic E-state index is 0.583. The lowest BCUT2D eigenvalue weighted by Gasteiger charge is -2.35. The average molecular weight is 240 g/mol. The molecule has 0 spiro atoms. The summed E-state index contributed by atoms with van der Waals surface area (Å²) in [6, 6.07) is 0. The Bertz CT molecular complexity index is 185. The molecule has 0 unspecified atom stereocenters. The molecule has 0 aromatic rings. The standard InChI is InChI=1S/C15H32N2/c1-4-7-12-17(6-3)14-15(13-16-5-2)10-8-9-11-15/h16H,4-14H2,1-3H3. The molecule has 0 aromatic heterocycles. The topological polar surface area (TPSA) is 15.3 Å². The fourth-order valence-corrected chi connectivity index (χ4v) is 3.11. The molecule has 102 valence electrons. The lowest BCUT2D eigenvalue weighted by Crippen LogP contribution is -2.43. The number of nitrogens with zero attached hydrogens (tertiary/aromatic N) is 1. The van der Waals surface area contributed by atoms with Gasteiger partial charge in [-0.05, 0) is 44.3 Å². The highest BCUT2D eigenvalue weighted by atomic mass is 15.1. The van der Waals surface area contributed by atoms with E-state index in [4.69, 9.17) is 0 Å². The number of hydrogen-bond donors (Lipinski definition) is 1. The summed E-state index contributed by atoms with van der Waals surface area (Å²) in [5, 5.41) is 3.59. The van der Waals surface area contributed by atoms with Crippen molar-refractivity contribution in [3.8, 4) is 0 Å². The summed E-state index contributed by atoms with van der Waals surface area (Å²) >= 11 is 0. The van der Waals surface area contributed by atoms with Gasteiger partial charge in [0, 0.05) is 13.1 Å². The Morgan fingerprint density at radius 1 is 1.12 bits per heavy atom. The van der Waals surface area contributed by atoms with E-state index in [1.807, 2.05) is 0 Å². The molecule has 2 heteroatoms. The van der Waals surface area contributed by atoms with Gasteiger partial charge in [-0.3, -0.25) is 0 Å². The van der Waals surface area contributed by atoms with Crippen LogP contribution < -0.4 is 5.32 Å². The molecule has 0 aliphatic heterocycles. The van der Waals surface area contributed by atoms with Gasteiger partial charge in [-0.25, -0.2) is 0 Å². The number of nitrogens with one attached hydrogen (secondary N) is 1. The Morgan fingerprint density at radius 2 is 1.82 bits per heavy atom. The van der Waals surface area contributed by atoms with Crippen molar-refractivity contribution in [2.75, 3.05) is 32.7 Å². The molecular formula is C15H32N2. The van der Waals surface area contributed by atoms with E-state index < -0.39 is 0 Å². The van der Waals surface area contributed by atoms with Crippen LogP contribution in [-0.2, 0) is 0 Å². The van der Waals surface area contributed by atoms with Gasteiger partial charge >= 0.3 is 0 Å². The van der Waals surface area contributed by atoms with Gasteiger partial charge in [0.25, 0.3) is 0 Å². The lowest BCUT2D eigenvalue weighted by atomic mass is 9.85. The van der Waals surface area contributed by atoms with E-state index in [2.05, 4.69) is 31.0 Å². The number of unbranched alkanes of at least 4 members (excludes halogenated alkanes) is 1. The van der Waals surface area contributed by atoms with Crippen LogP contribution in [0, 0.1) is 5.41 Å². The molecule has 1 N–H and O–H groups in total. The largest absolute Gasteiger partial charge is 0.316 e. The van der Waals surface area contributed by atoms with E-state index >= 15 is 0 Å². The van der Waals surface area contributed by atoms with Crippen LogP contribution in [0.15, 0.2) is 0 Å². The number of rotatable bonds is 9. The van der Waals surface area contributed by atoms with Crippen molar-refractivity contribution in [3.05, 3.63) is 0 Å². The van der Waals surface area contributed by atoms with Crippen LogP contribution in [0.1, 0.15) is 59.3 Å². The second kappa shape index (κ2) is 8.10. The number of hydrogen-bond acceptors (Lipinski definition) is 2. The van der Waals surface area contributed by atoms with Gasteiger partial charge in [0.15, 0.2) is 0 Å². The summed E-state index contributed by atoms with van der Waals surface area (Å²) in [6.07, 6.45) is 8.42. The fourth-order valence-electron chi connectivity index (χ4n) is 3.11. The quantitative estimate of drug-likeness (QED) is 0.665. The molecule has 1 aliphatic rings. The highest BCUT2D eigenvalue weighted by molar-refractivity contribution is 4.89. The van der Waals surface area contributed by atoms with E-state index in [1.165, 1.54) is 64.7 Å². The summed E-state index contributed by atoms with van der Waals surface area (Å²) < 4.78 is 0. The van der Waals surface area contributed by atoms with Crippen molar-refractivity contribution in [2.24, 2.45) is 5.41 Å². The Kier molecular flexibility index (Phi) is 7.14. The highest BCUT2D eigenvalue weighted by Crippen LogP contribution is 2.38. The van der Waals surface area contributed by atoms with Crippen LogP contribution >= 0.6 is 0 Å². The molecule has 0 aromatic carbocycles. The van der Waals surface area contributed by atoms with Crippen molar-refractivity contribution in [3.63, 3.8) is 0 Å². The first-order chi connectivity index (χ1) is 8.26. The summed E-state index contributed by atoms with van der Waals surface area (Å²) in [5.74, 6) is 0. The second-order valence-electron chi connectivity index (χ2n) is 5.71. The maximum atomic E-state index is 3.59. The second-order valence-corrected chi connectivity index (χ2v) is 5.71. The van der Waals surface area contributed by atoms with E-state index in [1.54, 1.807) is 0 Å². The van der Waals surface area contributed by atoms with Crippen LogP contribution in [0.5, 0.6) is 0 Å². The molecule has 0 heterocycles. The third kappa shape index (κ3) is 4.97. The zero-order valence-electron chi connectivity index (χ0n) is 12.2. The van der Waals surface area contributed by atoms with Crippen LogP contribution in [0.4, 0.5) is 0 Å². The molecule has 0 atom stereocenters. The lowest BCUT2D eigenvalue weighted by molar-refractivity contribution is 0.153. The SMILES string of the molecule is CCCCN(CC)CC1(CNCC)CCCC1. The molecule has 0 radical (unpaired) electrons. The maximum Gasteiger partial charge on any atom is 0.00500 e. The fraction of sp³-hybridized carbons (Fsp3) is 1.00. The van der Waals surface area contributed by atoms with E-state index in [0.717, 1.165) is 6.54 Å². The molecule has 17 heavy (non-hydrogen) atoms. The molecule has 0 bridgehead atoms. The van der Waals surface area contributed by atoms with Gasteiger partial charge in [-0.15, -0.1) is 0 Å². The summed E-state index contributed by atoms with van der Waals surface area (Å²) in [7, 11) is 0. The smallest absolute Gasteiger partial charge is 0.00500 e. The summed E-state index contributed by atoms with van der Waals surface area (Å²) in [4.78, 5) is 2.67. The Hall–Kier alpha value is -0.0800. The molecule has 0 amide bonds. The molecule has 1 aliphatic carbocycles. The molecule has 1 rings (SSSR count). The first kappa shape index (κ1) is 15.0. The monoisotopic (exact) mass is 240 g/mol. The van der Waals surface area contributed by atoms with Gasteiger partial charge in [0.05, 0.1) is 0 Å². The molecular weight excluding hydrogens is 208 g/mol. The molecule has 1 fully saturated rings. The van der Waals surface area contributed by atoms with E-state index in [-0.39, 0.29) is 0 Å². The van der Waals surface area contributed by atoms with Gasteiger partial charge in [-0.1, -0.05) is 40.0 Å². The molecule has 2 nitrogen and oxygen atoms in total. The minimum atomic E-state index is 0.583. The van der Waals surface area contributed by atoms with Crippen molar-refractivity contribution < 1.29 is 0 Å².